The molecule has 2 aliphatic heterocycles. The number of anilines is 1. The van der Waals surface area contributed by atoms with Gasteiger partial charge in [0.15, 0.2) is 0 Å². The van der Waals surface area contributed by atoms with Crippen molar-refractivity contribution in [1.29, 1.82) is 0 Å². The molecule has 1 atom stereocenters. The molecule has 1 N–H and O–H groups in total. The van der Waals surface area contributed by atoms with Gasteiger partial charge < -0.3 is 19.9 Å². The van der Waals surface area contributed by atoms with Crippen molar-refractivity contribution >= 4 is 28.4 Å². The fourth-order valence-corrected chi connectivity index (χ4v) is 4.97. The van der Waals surface area contributed by atoms with Crippen molar-refractivity contribution in [3.05, 3.63) is 78.4 Å². The van der Waals surface area contributed by atoms with E-state index >= 15 is 0 Å². The highest BCUT2D eigenvalue weighted by molar-refractivity contribution is 6.07. The molecule has 2 aliphatic rings. The maximum absolute atomic E-state index is 13.4. The van der Waals surface area contributed by atoms with Gasteiger partial charge in [-0.05, 0) is 41.9 Å². The second kappa shape index (κ2) is 10.9. The van der Waals surface area contributed by atoms with Crippen molar-refractivity contribution < 1.29 is 14.3 Å². The van der Waals surface area contributed by atoms with E-state index in [2.05, 4.69) is 10.2 Å². The molecule has 0 radical (unpaired) electrons. The van der Waals surface area contributed by atoms with Gasteiger partial charge in [-0.15, -0.1) is 0 Å². The molecule has 182 valence electrons. The van der Waals surface area contributed by atoms with Crippen LogP contribution >= 0.6 is 0 Å². The van der Waals surface area contributed by atoms with Crippen LogP contribution in [0.3, 0.4) is 0 Å². The lowest BCUT2D eigenvalue weighted by Gasteiger charge is -2.35. The van der Waals surface area contributed by atoms with Crippen molar-refractivity contribution in [1.82, 2.24) is 14.7 Å². The molecule has 1 unspecified atom stereocenters. The van der Waals surface area contributed by atoms with Gasteiger partial charge in [0.05, 0.1) is 12.7 Å². The molecule has 3 aromatic carbocycles. The second-order valence-corrected chi connectivity index (χ2v) is 9.21. The SMILES string of the molecule is O=C(Nc1ccccc1)N1CCOC(CN2CCCN(C(=O)c3cccc4ccccc34)CC2)C1. The molecule has 2 heterocycles. The first-order chi connectivity index (χ1) is 17.2. The van der Waals surface area contributed by atoms with Gasteiger partial charge in [-0.3, -0.25) is 9.69 Å². The first kappa shape index (κ1) is 23.3. The van der Waals surface area contributed by atoms with Crippen molar-refractivity contribution in [2.75, 3.05) is 57.7 Å². The van der Waals surface area contributed by atoms with E-state index in [1.165, 1.54) is 0 Å². The van der Waals surface area contributed by atoms with Crippen LogP contribution in [0.2, 0.25) is 0 Å². The number of amides is 3. The zero-order valence-electron chi connectivity index (χ0n) is 19.9. The molecule has 3 amide bonds. The Morgan fingerprint density at radius 2 is 1.63 bits per heavy atom. The lowest BCUT2D eigenvalue weighted by molar-refractivity contribution is -0.0283. The standard InChI is InChI=1S/C28H32N4O3/c33-27(26-13-6-9-22-8-4-5-12-25(22)26)31-15-7-14-30(16-17-31)20-24-21-32(18-19-35-24)28(34)29-23-10-2-1-3-11-23/h1-6,8-13,24H,7,14-21H2,(H,29,34). The molecule has 35 heavy (non-hydrogen) atoms. The minimum atomic E-state index is -0.0905. The van der Waals surface area contributed by atoms with E-state index in [1.807, 2.05) is 82.6 Å². The topological polar surface area (TPSA) is 65.1 Å². The summed E-state index contributed by atoms with van der Waals surface area (Å²) in [7, 11) is 0. The number of carbonyl (C=O) groups excluding carboxylic acids is 2. The van der Waals surface area contributed by atoms with Crippen molar-refractivity contribution in [2.45, 2.75) is 12.5 Å². The molecule has 2 fully saturated rings. The summed E-state index contributed by atoms with van der Waals surface area (Å²) in [4.78, 5) is 32.2. The van der Waals surface area contributed by atoms with Crippen LogP contribution in [0.1, 0.15) is 16.8 Å². The average Bonchev–Trinajstić information content (AvgIpc) is 3.14. The first-order valence-corrected chi connectivity index (χ1v) is 12.4. The van der Waals surface area contributed by atoms with Gasteiger partial charge in [0.1, 0.15) is 0 Å². The third-order valence-electron chi connectivity index (χ3n) is 6.81. The summed E-state index contributed by atoms with van der Waals surface area (Å²) in [6.07, 6.45) is 0.882. The van der Waals surface area contributed by atoms with Crippen LogP contribution in [0, 0.1) is 0 Å². The fourth-order valence-electron chi connectivity index (χ4n) is 4.97. The van der Waals surface area contributed by atoms with Crippen LogP contribution in [0.25, 0.3) is 10.8 Å². The summed E-state index contributed by atoms with van der Waals surface area (Å²) >= 11 is 0. The van der Waals surface area contributed by atoms with Gasteiger partial charge >= 0.3 is 6.03 Å². The maximum Gasteiger partial charge on any atom is 0.322 e. The number of carbonyl (C=O) groups is 2. The Morgan fingerprint density at radius 3 is 2.51 bits per heavy atom. The number of hydrogen-bond donors (Lipinski definition) is 1. The number of ether oxygens (including phenoxy) is 1. The number of nitrogens with one attached hydrogen (secondary N) is 1. The molecule has 0 spiro atoms. The normalized spacial score (nSPS) is 19.4. The Hall–Kier alpha value is -3.42. The van der Waals surface area contributed by atoms with Crippen LogP contribution in [-0.2, 0) is 4.74 Å². The van der Waals surface area contributed by atoms with Gasteiger partial charge in [-0.2, -0.15) is 0 Å². The Bertz CT molecular complexity index is 1160. The van der Waals surface area contributed by atoms with Crippen LogP contribution in [-0.4, -0.2) is 85.2 Å². The number of nitrogens with zero attached hydrogens (tertiary/aromatic N) is 3. The minimum absolute atomic E-state index is 0.0365. The molecule has 0 saturated carbocycles. The molecule has 0 bridgehead atoms. The van der Waals surface area contributed by atoms with E-state index < -0.39 is 0 Å². The quantitative estimate of drug-likeness (QED) is 0.625. The minimum Gasteiger partial charge on any atom is -0.373 e. The Kier molecular flexibility index (Phi) is 7.25. The van der Waals surface area contributed by atoms with E-state index in [0.29, 0.717) is 26.2 Å². The fraction of sp³-hybridized carbons (Fsp3) is 0.357. The highest BCUT2D eigenvalue weighted by Gasteiger charge is 2.28. The third kappa shape index (κ3) is 5.63. The summed E-state index contributed by atoms with van der Waals surface area (Å²) in [6.45, 7) is 5.58. The van der Waals surface area contributed by atoms with E-state index in [9.17, 15) is 9.59 Å². The highest BCUT2D eigenvalue weighted by atomic mass is 16.5. The molecular formula is C28H32N4O3. The van der Waals surface area contributed by atoms with Crippen molar-refractivity contribution in [3.63, 3.8) is 0 Å². The Morgan fingerprint density at radius 1 is 0.829 bits per heavy atom. The summed E-state index contributed by atoms with van der Waals surface area (Å²) in [6, 6.07) is 23.4. The van der Waals surface area contributed by atoms with Crippen LogP contribution in [0.15, 0.2) is 72.8 Å². The highest BCUT2D eigenvalue weighted by Crippen LogP contribution is 2.21. The maximum atomic E-state index is 13.4. The summed E-state index contributed by atoms with van der Waals surface area (Å²) < 4.78 is 6.00. The monoisotopic (exact) mass is 472 g/mol. The molecule has 7 nitrogen and oxygen atoms in total. The number of rotatable bonds is 4. The van der Waals surface area contributed by atoms with E-state index in [0.717, 1.165) is 54.6 Å². The molecule has 2 saturated heterocycles. The molecule has 0 aromatic heterocycles. The molecule has 3 aromatic rings. The van der Waals surface area contributed by atoms with Crippen LogP contribution in [0.5, 0.6) is 0 Å². The molecule has 0 aliphatic carbocycles. The van der Waals surface area contributed by atoms with E-state index in [4.69, 9.17) is 4.74 Å². The Balaban J connectivity index is 1.16. The summed E-state index contributed by atoms with van der Waals surface area (Å²) in [5.41, 5.74) is 1.57. The molecule has 7 heteroatoms. The number of hydrogen-bond acceptors (Lipinski definition) is 4. The summed E-state index contributed by atoms with van der Waals surface area (Å²) in [5, 5.41) is 5.06. The lowest BCUT2D eigenvalue weighted by atomic mass is 10.0. The lowest BCUT2D eigenvalue weighted by Crippen LogP contribution is -2.51. The Labute approximate surface area is 206 Å². The molecular weight excluding hydrogens is 440 g/mol. The van der Waals surface area contributed by atoms with E-state index in [1.54, 1.807) is 0 Å². The number of urea groups is 1. The first-order valence-electron chi connectivity index (χ1n) is 12.4. The van der Waals surface area contributed by atoms with E-state index in [-0.39, 0.29) is 18.0 Å². The smallest absolute Gasteiger partial charge is 0.322 e. The predicted octanol–water partition coefficient (Wildman–Crippen LogP) is 3.92. The van der Waals surface area contributed by atoms with Gasteiger partial charge in [-0.25, -0.2) is 4.79 Å². The third-order valence-corrected chi connectivity index (χ3v) is 6.81. The summed E-state index contributed by atoms with van der Waals surface area (Å²) in [5.74, 6) is 0.0984. The second-order valence-electron chi connectivity index (χ2n) is 9.21. The van der Waals surface area contributed by atoms with Crippen molar-refractivity contribution in [3.8, 4) is 0 Å². The number of para-hydroxylation sites is 1. The largest absolute Gasteiger partial charge is 0.373 e. The zero-order chi connectivity index (χ0) is 24.0. The number of benzene rings is 3. The van der Waals surface area contributed by atoms with Gasteiger partial charge in [0.25, 0.3) is 5.91 Å². The number of morpholine rings is 1. The van der Waals surface area contributed by atoms with Crippen LogP contribution < -0.4 is 5.32 Å². The van der Waals surface area contributed by atoms with Crippen LogP contribution in [0.4, 0.5) is 10.5 Å². The number of fused-ring (bicyclic) bond motifs is 1. The zero-order valence-corrected chi connectivity index (χ0v) is 19.9. The average molecular weight is 473 g/mol. The molecule has 5 rings (SSSR count). The van der Waals surface area contributed by atoms with Gasteiger partial charge in [-0.1, -0.05) is 54.6 Å². The van der Waals surface area contributed by atoms with Gasteiger partial charge in [0.2, 0.25) is 0 Å². The predicted molar refractivity (Wildman–Crippen MR) is 138 cm³/mol. The van der Waals surface area contributed by atoms with Gasteiger partial charge in [0, 0.05) is 50.5 Å². The van der Waals surface area contributed by atoms with Crippen molar-refractivity contribution in [2.24, 2.45) is 0 Å².